The van der Waals surface area contributed by atoms with Gasteiger partial charge < -0.3 is 20.5 Å². The summed E-state index contributed by atoms with van der Waals surface area (Å²) < 4.78 is 5.12. The molecule has 0 fully saturated rings. The molecule has 29 heavy (non-hydrogen) atoms. The molecule has 0 unspecified atom stereocenters. The summed E-state index contributed by atoms with van der Waals surface area (Å²) in [6.07, 6.45) is 1.80. The first-order valence-corrected chi connectivity index (χ1v) is 9.13. The average molecular weight is 396 g/mol. The van der Waals surface area contributed by atoms with Crippen LogP contribution in [0.3, 0.4) is 0 Å². The van der Waals surface area contributed by atoms with E-state index < -0.39 is 17.8 Å². The summed E-state index contributed by atoms with van der Waals surface area (Å²) in [5.41, 5.74) is 2.21. The van der Waals surface area contributed by atoms with Crippen LogP contribution in [0.1, 0.15) is 34.3 Å². The Bertz CT molecular complexity index is 886. The molecule has 0 aromatic heterocycles. The van der Waals surface area contributed by atoms with Gasteiger partial charge in [0.1, 0.15) is 11.4 Å². The van der Waals surface area contributed by atoms with E-state index in [4.69, 9.17) is 9.84 Å². The maximum absolute atomic E-state index is 12.6. The van der Waals surface area contributed by atoms with E-state index in [0.717, 1.165) is 5.56 Å². The largest absolute Gasteiger partial charge is 0.497 e. The molecule has 0 heterocycles. The van der Waals surface area contributed by atoms with Crippen LogP contribution >= 0.6 is 0 Å². The standard InChI is InChI=1S/C22H24N2O5/c1-15-5-9-17(10-6-15)21(27)24-19(22(28)23-13-3-4-20(25)26)14-16-7-11-18(29-2)12-8-16/h5-12,14H,3-4,13H2,1-2H3,(H,23,28)(H,24,27)(H,25,26)/b19-14-. The van der Waals surface area contributed by atoms with Gasteiger partial charge in [-0.15, -0.1) is 0 Å². The Morgan fingerprint density at radius 1 is 1.03 bits per heavy atom. The molecule has 0 bridgehead atoms. The third-order valence-electron chi connectivity index (χ3n) is 4.09. The Morgan fingerprint density at radius 2 is 1.69 bits per heavy atom. The second kappa shape index (κ2) is 10.7. The third kappa shape index (κ3) is 7.14. The molecule has 2 aromatic rings. The van der Waals surface area contributed by atoms with Crippen molar-refractivity contribution in [2.24, 2.45) is 0 Å². The first-order chi connectivity index (χ1) is 13.9. The summed E-state index contributed by atoms with van der Waals surface area (Å²) in [7, 11) is 1.56. The number of methoxy groups -OCH3 is 1. The number of aryl methyl sites for hydroxylation is 1. The molecule has 2 amide bonds. The van der Waals surface area contributed by atoms with Gasteiger partial charge in [0.2, 0.25) is 0 Å². The third-order valence-corrected chi connectivity index (χ3v) is 4.09. The van der Waals surface area contributed by atoms with Crippen molar-refractivity contribution < 1.29 is 24.2 Å². The molecule has 2 rings (SSSR count). The van der Waals surface area contributed by atoms with Gasteiger partial charge in [0, 0.05) is 18.5 Å². The van der Waals surface area contributed by atoms with Crippen LogP contribution in [0.15, 0.2) is 54.2 Å². The van der Waals surface area contributed by atoms with Gasteiger partial charge in [-0.1, -0.05) is 29.8 Å². The van der Waals surface area contributed by atoms with Crippen molar-refractivity contribution >= 4 is 23.9 Å². The van der Waals surface area contributed by atoms with E-state index in [2.05, 4.69) is 10.6 Å². The number of carboxylic acid groups (broad SMARTS) is 1. The second-order valence-electron chi connectivity index (χ2n) is 6.40. The first kappa shape index (κ1) is 21.7. The predicted molar refractivity (Wildman–Crippen MR) is 109 cm³/mol. The summed E-state index contributed by atoms with van der Waals surface area (Å²) in [6.45, 7) is 2.10. The summed E-state index contributed by atoms with van der Waals surface area (Å²) >= 11 is 0. The molecule has 2 aromatic carbocycles. The number of benzene rings is 2. The topological polar surface area (TPSA) is 105 Å². The van der Waals surface area contributed by atoms with E-state index in [1.165, 1.54) is 0 Å². The molecule has 0 aliphatic rings. The Labute approximate surface area is 169 Å². The second-order valence-corrected chi connectivity index (χ2v) is 6.40. The molecule has 0 saturated carbocycles. The number of aliphatic carboxylic acids is 1. The molecule has 0 aliphatic carbocycles. The fourth-order valence-electron chi connectivity index (χ4n) is 2.46. The molecule has 0 radical (unpaired) electrons. The normalized spacial score (nSPS) is 10.9. The van der Waals surface area contributed by atoms with Crippen LogP contribution in [0.4, 0.5) is 0 Å². The number of carboxylic acids is 1. The lowest BCUT2D eigenvalue weighted by molar-refractivity contribution is -0.137. The van der Waals surface area contributed by atoms with Gasteiger partial charge in [0.05, 0.1) is 7.11 Å². The van der Waals surface area contributed by atoms with E-state index >= 15 is 0 Å². The summed E-state index contributed by atoms with van der Waals surface area (Å²) in [5.74, 6) is -1.16. The monoisotopic (exact) mass is 396 g/mol. The van der Waals surface area contributed by atoms with Crippen LogP contribution in [-0.4, -0.2) is 36.5 Å². The molecule has 0 spiro atoms. The van der Waals surface area contributed by atoms with E-state index in [-0.39, 0.29) is 18.7 Å². The predicted octanol–water partition coefficient (Wildman–Crippen LogP) is 2.76. The van der Waals surface area contributed by atoms with Gasteiger partial charge in [-0.3, -0.25) is 14.4 Å². The Kier molecular flexibility index (Phi) is 7.97. The van der Waals surface area contributed by atoms with Crippen molar-refractivity contribution in [3.05, 3.63) is 70.9 Å². The maximum atomic E-state index is 12.6. The quantitative estimate of drug-likeness (QED) is 0.447. The summed E-state index contributed by atoms with van der Waals surface area (Å²) in [6, 6.07) is 14.0. The van der Waals surface area contributed by atoms with Gasteiger partial charge in [-0.2, -0.15) is 0 Å². The van der Waals surface area contributed by atoms with Crippen molar-refractivity contribution in [1.29, 1.82) is 0 Å². The maximum Gasteiger partial charge on any atom is 0.303 e. The molecule has 0 aliphatic heterocycles. The highest BCUT2D eigenvalue weighted by Gasteiger charge is 2.14. The average Bonchev–Trinajstić information content (AvgIpc) is 2.71. The molecular weight excluding hydrogens is 372 g/mol. The number of carbonyl (C=O) groups is 3. The molecule has 7 heteroatoms. The lowest BCUT2D eigenvalue weighted by Crippen LogP contribution is -2.35. The lowest BCUT2D eigenvalue weighted by Gasteiger charge is -2.11. The van der Waals surface area contributed by atoms with Crippen LogP contribution in [0.2, 0.25) is 0 Å². The number of ether oxygens (including phenoxy) is 1. The minimum Gasteiger partial charge on any atom is -0.497 e. The number of hydrogen-bond acceptors (Lipinski definition) is 4. The van der Waals surface area contributed by atoms with Crippen LogP contribution in [0.5, 0.6) is 5.75 Å². The van der Waals surface area contributed by atoms with E-state index in [1.807, 2.05) is 19.1 Å². The highest BCUT2D eigenvalue weighted by atomic mass is 16.5. The number of amides is 2. The molecule has 7 nitrogen and oxygen atoms in total. The molecule has 0 atom stereocenters. The highest BCUT2D eigenvalue weighted by Crippen LogP contribution is 2.14. The van der Waals surface area contributed by atoms with Crippen molar-refractivity contribution in [3.8, 4) is 5.75 Å². The van der Waals surface area contributed by atoms with Gasteiger partial charge in [-0.25, -0.2) is 0 Å². The van der Waals surface area contributed by atoms with Crippen molar-refractivity contribution in [2.45, 2.75) is 19.8 Å². The Balaban J connectivity index is 2.17. The van der Waals surface area contributed by atoms with Gasteiger partial charge in [0.25, 0.3) is 11.8 Å². The van der Waals surface area contributed by atoms with Crippen molar-refractivity contribution in [1.82, 2.24) is 10.6 Å². The van der Waals surface area contributed by atoms with Crippen LogP contribution in [0.25, 0.3) is 6.08 Å². The van der Waals surface area contributed by atoms with Crippen LogP contribution < -0.4 is 15.4 Å². The Morgan fingerprint density at radius 3 is 2.28 bits per heavy atom. The fraction of sp³-hybridized carbons (Fsp3) is 0.227. The molecule has 3 N–H and O–H groups in total. The zero-order valence-corrected chi connectivity index (χ0v) is 16.4. The van der Waals surface area contributed by atoms with Crippen molar-refractivity contribution in [2.75, 3.05) is 13.7 Å². The van der Waals surface area contributed by atoms with Gasteiger partial charge >= 0.3 is 5.97 Å². The SMILES string of the molecule is COc1ccc(/C=C(\NC(=O)c2ccc(C)cc2)C(=O)NCCCC(=O)O)cc1. The Hall–Kier alpha value is -3.61. The van der Waals surface area contributed by atoms with E-state index in [0.29, 0.717) is 23.3 Å². The smallest absolute Gasteiger partial charge is 0.303 e. The highest BCUT2D eigenvalue weighted by molar-refractivity contribution is 6.05. The lowest BCUT2D eigenvalue weighted by atomic mass is 10.1. The minimum absolute atomic E-state index is 0.0481. The van der Waals surface area contributed by atoms with Crippen molar-refractivity contribution in [3.63, 3.8) is 0 Å². The number of hydrogen-bond donors (Lipinski definition) is 3. The molecular formula is C22H24N2O5. The van der Waals surface area contributed by atoms with Gasteiger partial charge in [0.15, 0.2) is 0 Å². The zero-order chi connectivity index (χ0) is 21.2. The van der Waals surface area contributed by atoms with E-state index in [9.17, 15) is 14.4 Å². The summed E-state index contributed by atoms with van der Waals surface area (Å²) in [4.78, 5) is 35.7. The first-order valence-electron chi connectivity index (χ1n) is 9.13. The number of rotatable bonds is 9. The molecule has 0 saturated heterocycles. The summed E-state index contributed by atoms with van der Waals surface area (Å²) in [5, 5.41) is 14.0. The van der Waals surface area contributed by atoms with Crippen LogP contribution in [0, 0.1) is 6.92 Å². The number of carbonyl (C=O) groups excluding carboxylic acids is 2. The van der Waals surface area contributed by atoms with Crippen LogP contribution in [-0.2, 0) is 9.59 Å². The molecule has 152 valence electrons. The minimum atomic E-state index is -0.930. The van der Waals surface area contributed by atoms with Gasteiger partial charge in [-0.05, 0) is 49.2 Å². The zero-order valence-electron chi connectivity index (χ0n) is 16.4. The van der Waals surface area contributed by atoms with E-state index in [1.54, 1.807) is 49.6 Å². The fourth-order valence-corrected chi connectivity index (χ4v) is 2.46. The number of nitrogens with one attached hydrogen (secondary N) is 2.